The lowest BCUT2D eigenvalue weighted by molar-refractivity contribution is 0.925. The van der Waals surface area contributed by atoms with Crippen LogP contribution >= 0.6 is 27.7 Å². The molecule has 138 valence electrons. The molecule has 5 aromatic rings. The van der Waals surface area contributed by atoms with Crippen LogP contribution < -0.4 is 0 Å². The van der Waals surface area contributed by atoms with Crippen LogP contribution in [0.4, 0.5) is 0 Å². The van der Waals surface area contributed by atoms with E-state index in [2.05, 4.69) is 113 Å². The SMILES string of the molecule is Brc1cccc(C2c3c(ccc4ccccc34)Sc3ccc4ccccc4c32)c1. The minimum atomic E-state index is 0.205. The van der Waals surface area contributed by atoms with Gasteiger partial charge in [-0.3, -0.25) is 0 Å². The molecule has 0 fully saturated rings. The Bertz CT molecular complexity index is 1320. The average molecular weight is 453 g/mol. The van der Waals surface area contributed by atoms with Gasteiger partial charge >= 0.3 is 0 Å². The Morgan fingerprint density at radius 1 is 0.586 bits per heavy atom. The Hall–Kier alpha value is -2.55. The maximum Gasteiger partial charge on any atom is 0.0375 e. The molecule has 0 aliphatic carbocycles. The Kier molecular flexibility index (Phi) is 4.04. The molecule has 1 heterocycles. The fraction of sp³-hybridized carbons (Fsp3) is 0.0370. The van der Waals surface area contributed by atoms with Crippen molar-refractivity contribution in [3.63, 3.8) is 0 Å². The Morgan fingerprint density at radius 3 is 1.76 bits per heavy atom. The first-order valence-electron chi connectivity index (χ1n) is 9.76. The largest absolute Gasteiger partial charge is 0.0894 e. The molecule has 29 heavy (non-hydrogen) atoms. The molecule has 0 amide bonds. The van der Waals surface area contributed by atoms with E-state index in [0.29, 0.717) is 0 Å². The highest BCUT2D eigenvalue weighted by Gasteiger charge is 2.31. The zero-order valence-electron chi connectivity index (χ0n) is 15.6. The zero-order chi connectivity index (χ0) is 19.4. The van der Waals surface area contributed by atoms with Crippen LogP contribution in [-0.4, -0.2) is 0 Å². The summed E-state index contributed by atoms with van der Waals surface area (Å²) in [6, 6.07) is 35.5. The number of hydrogen-bond donors (Lipinski definition) is 0. The third-order valence-electron chi connectivity index (χ3n) is 5.84. The quantitative estimate of drug-likeness (QED) is 0.241. The minimum absolute atomic E-state index is 0.205. The van der Waals surface area contributed by atoms with Crippen molar-refractivity contribution in [2.75, 3.05) is 0 Å². The van der Waals surface area contributed by atoms with E-state index in [1.54, 1.807) is 0 Å². The van der Waals surface area contributed by atoms with E-state index in [0.717, 1.165) is 4.47 Å². The van der Waals surface area contributed by atoms with E-state index >= 15 is 0 Å². The fourth-order valence-corrected chi connectivity index (χ4v) is 6.21. The minimum Gasteiger partial charge on any atom is -0.0894 e. The summed E-state index contributed by atoms with van der Waals surface area (Å²) in [6.07, 6.45) is 0. The van der Waals surface area contributed by atoms with E-state index in [1.807, 2.05) is 11.8 Å². The normalized spacial score (nSPS) is 13.4. The molecule has 0 unspecified atom stereocenters. The molecular formula is C27H17BrS. The summed E-state index contributed by atoms with van der Waals surface area (Å²) in [4.78, 5) is 2.72. The summed E-state index contributed by atoms with van der Waals surface area (Å²) in [5, 5.41) is 5.30. The Morgan fingerprint density at radius 2 is 1.17 bits per heavy atom. The molecule has 0 spiro atoms. The molecule has 1 aliphatic rings. The van der Waals surface area contributed by atoms with Gasteiger partial charge in [0, 0.05) is 20.2 Å². The predicted molar refractivity (Wildman–Crippen MR) is 127 cm³/mol. The van der Waals surface area contributed by atoms with Gasteiger partial charge < -0.3 is 0 Å². The second-order valence-electron chi connectivity index (χ2n) is 7.49. The number of rotatable bonds is 1. The van der Waals surface area contributed by atoms with Crippen LogP contribution in [0.3, 0.4) is 0 Å². The van der Waals surface area contributed by atoms with Crippen molar-refractivity contribution in [1.29, 1.82) is 0 Å². The lowest BCUT2D eigenvalue weighted by atomic mass is 9.80. The molecule has 0 nitrogen and oxygen atoms in total. The smallest absolute Gasteiger partial charge is 0.0375 e. The van der Waals surface area contributed by atoms with Gasteiger partial charge in [0.15, 0.2) is 0 Å². The number of halogens is 1. The molecule has 6 rings (SSSR count). The maximum atomic E-state index is 3.70. The fourth-order valence-electron chi connectivity index (χ4n) is 4.61. The first kappa shape index (κ1) is 17.3. The second kappa shape index (κ2) is 6.76. The van der Waals surface area contributed by atoms with Crippen molar-refractivity contribution >= 4 is 49.2 Å². The molecule has 5 aromatic carbocycles. The van der Waals surface area contributed by atoms with Gasteiger partial charge in [-0.15, -0.1) is 0 Å². The third kappa shape index (κ3) is 2.74. The van der Waals surface area contributed by atoms with Crippen LogP contribution in [-0.2, 0) is 0 Å². The van der Waals surface area contributed by atoms with E-state index in [1.165, 1.54) is 48.0 Å². The van der Waals surface area contributed by atoms with Crippen LogP contribution in [0.15, 0.2) is 111 Å². The summed E-state index contributed by atoms with van der Waals surface area (Å²) in [6.45, 7) is 0. The number of hydrogen-bond acceptors (Lipinski definition) is 1. The highest BCUT2D eigenvalue weighted by molar-refractivity contribution is 9.10. The van der Waals surface area contributed by atoms with Crippen LogP contribution in [0.2, 0.25) is 0 Å². The average Bonchev–Trinajstić information content (AvgIpc) is 2.77. The van der Waals surface area contributed by atoms with E-state index < -0.39 is 0 Å². The summed E-state index contributed by atoms with van der Waals surface area (Å²) in [5.74, 6) is 0.205. The molecule has 2 heteroatoms. The predicted octanol–water partition coefficient (Wildman–Crippen LogP) is 8.40. The zero-order valence-corrected chi connectivity index (χ0v) is 18.0. The monoisotopic (exact) mass is 452 g/mol. The third-order valence-corrected chi connectivity index (χ3v) is 7.49. The van der Waals surface area contributed by atoms with Gasteiger partial charge in [0.1, 0.15) is 0 Å². The van der Waals surface area contributed by atoms with Gasteiger partial charge in [-0.1, -0.05) is 100 Å². The van der Waals surface area contributed by atoms with Gasteiger partial charge in [-0.2, -0.15) is 0 Å². The summed E-state index contributed by atoms with van der Waals surface area (Å²) >= 11 is 5.61. The molecule has 0 N–H and O–H groups in total. The van der Waals surface area contributed by atoms with Crippen molar-refractivity contribution in [1.82, 2.24) is 0 Å². The Labute approximate surface area is 182 Å². The molecule has 0 radical (unpaired) electrons. The van der Waals surface area contributed by atoms with Gasteiger partial charge in [0.2, 0.25) is 0 Å². The van der Waals surface area contributed by atoms with Gasteiger partial charge in [-0.05, 0) is 62.5 Å². The molecular weight excluding hydrogens is 436 g/mol. The van der Waals surface area contributed by atoms with Crippen LogP contribution in [0.5, 0.6) is 0 Å². The van der Waals surface area contributed by atoms with Gasteiger partial charge in [0.05, 0.1) is 0 Å². The highest BCUT2D eigenvalue weighted by atomic mass is 79.9. The first-order chi connectivity index (χ1) is 14.3. The molecule has 0 saturated carbocycles. The topological polar surface area (TPSA) is 0 Å². The summed E-state index contributed by atoms with van der Waals surface area (Å²) in [7, 11) is 0. The molecule has 0 saturated heterocycles. The molecule has 0 atom stereocenters. The lowest BCUT2D eigenvalue weighted by Gasteiger charge is -2.31. The Balaban J connectivity index is 1.76. The molecule has 1 aliphatic heterocycles. The summed E-state index contributed by atoms with van der Waals surface area (Å²) < 4.78 is 1.12. The number of fused-ring (bicyclic) bond motifs is 6. The van der Waals surface area contributed by atoms with Crippen molar-refractivity contribution in [2.24, 2.45) is 0 Å². The van der Waals surface area contributed by atoms with Crippen molar-refractivity contribution in [3.8, 4) is 0 Å². The molecule has 0 aromatic heterocycles. The highest BCUT2D eigenvalue weighted by Crippen LogP contribution is 2.52. The lowest BCUT2D eigenvalue weighted by Crippen LogP contribution is -2.11. The van der Waals surface area contributed by atoms with Crippen molar-refractivity contribution < 1.29 is 0 Å². The first-order valence-corrected chi connectivity index (χ1v) is 11.4. The van der Waals surface area contributed by atoms with E-state index in [4.69, 9.17) is 0 Å². The van der Waals surface area contributed by atoms with Crippen molar-refractivity contribution in [3.05, 3.63) is 118 Å². The van der Waals surface area contributed by atoms with Crippen LogP contribution in [0.1, 0.15) is 22.6 Å². The maximum absolute atomic E-state index is 3.70. The van der Waals surface area contributed by atoms with Gasteiger partial charge in [0.25, 0.3) is 0 Å². The standard InChI is InChI=1S/C27H17BrS/c28-20-9-5-8-19(16-20)25-26-21-10-3-1-6-17(21)12-14-23(26)29-24-15-13-18-7-2-4-11-22(18)27(24)25/h1-16,25H. The van der Waals surface area contributed by atoms with Crippen LogP contribution in [0.25, 0.3) is 21.5 Å². The summed E-state index contributed by atoms with van der Waals surface area (Å²) in [5.41, 5.74) is 4.18. The second-order valence-corrected chi connectivity index (χ2v) is 9.49. The van der Waals surface area contributed by atoms with E-state index in [-0.39, 0.29) is 5.92 Å². The van der Waals surface area contributed by atoms with Gasteiger partial charge in [-0.25, -0.2) is 0 Å². The number of benzene rings is 5. The molecule has 0 bridgehead atoms. The van der Waals surface area contributed by atoms with Crippen molar-refractivity contribution in [2.45, 2.75) is 15.7 Å². The van der Waals surface area contributed by atoms with E-state index in [9.17, 15) is 0 Å². The van der Waals surface area contributed by atoms with Crippen LogP contribution in [0, 0.1) is 0 Å².